The molecule has 2 aliphatic rings. The second-order valence-corrected chi connectivity index (χ2v) is 4.15. The van der Waals surface area contributed by atoms with Gasteiger partial charge in [-0.25, -0.2) is 4.39 Å². The van der Waals surface area contributed by atoms with Crippen LogP contribution in [0.5, 0.6) is 0 Å². The van der Waals surface area contributed by atoms with Crippen LogP contribution in [0.15, 0.2) is 0 Å². The fourth-order valence-corrected chi connectivity index (χ4v) is 2.50. The second-order valence-electron chi connectivity index (χ2n) is 4.15. The van der Waals surface area contributed by atoms with Crippen molar-refractivity contribution in [3.63, 3.8) is 0 Å². The molecule has 2 rings (SSSR count). The van der Waals surface area contributed by atoms with Crippen LogP contribution in [-0.2, 0) is 0 Å². The van der Waals surface area contributed by atoms with Crippen molar-refractivity contribution in [1.82, 2.24) is 4.90 Å². The molecule has 1 nitrogen and oxygen atoms in total. The molecule has 0 radical (unpaired) electrons. The highest BCUT2D eigenvalue weighted by molar-refractivity contribution is 4.81. The summed E-state index contributed by atoms with van der Waals surface area (Å²) in [4.78, 5) is 2.50. The topological polar surface area (TPSA) is 3.24 Å². The van der Waals surface area contributed by atoms with Gasteiger partial charge in [-0.2, -0.15) is 0 Å². The normalized spacial score (nSPS) is 25.5. The van der Waals surface area contributed by atoms with Gasteiger partial charge in [0.2, 0.25) is 0 Å². The first-order valence-corrected chi connectivity index (χ1v) is 5.24. The summed E-state index contributed by atoms with van der Waals surface area (Å²) in [6.07, 6.45) is 6.53. The molecule has 0 amide bonds. The maximum Gasteiger partial charge on any atom is 0.103 e. The largest absolute Gasteiger partial charge is 0.300 e. The van der Waals surface area contributed by atoms with E-state index in [0.717, 1.165) is 32.0 Å². The molecule has 1 saturated heterocycles. The standard InChI is InChI=1S/C10H18FN.2CH4/c11-9-5-7-12(8-6-9)10-3-1-2-4-10;;/h9-10H,1-8H2;2*1H4. The Labute approximate surface area is 88.7 Å². The van der Waals surface area contributed by atoms with Crippen LogP contribution in [0.2, 0.25) is 0 Å². The second kappa shape index (κ2) is 6.39. The first-order valence-electron chi connectivity index (χ1n) is 5.24. The lowest BCUT2D eigenvalue weighted by atomic mass is 10.1. The molecule has 86 valence electrons. The van der Waals surface area contributed by atoms with E-state index in [1.165, 1.54) is 25.7 Å². The summed E-state index contributed by atoms with van der Waals surface area (Å²) < 4.78 is 12.8. The molecule has 0 bridgehead atoms. The van der Waals surface area contributed by atoms with Gasteiger partial charge in [-0.1, -0.05) is 27.7 Å². The van der Waals surface area contributed by atoms with Crippen molar-refractivity contribution in [3.8, 4) is 0 Å². The van der Waals surface area contributed by atoms with E-state index in [0.29, 0.717) is 0 Å². The molecule has 0 unspecified atom stereocenters. The molecule has 14 heavy (non-hydrogen) atoms. The van der Waals surface area contributed by atoms with Gasteiger partial charge < -0.3 is 4.90 Å². The zero-order valence-corrected chi connectivity index (χ0v) is 7.64. The molecule has 0 aromatic heterocycles. The Morgan fingerprint density at radius 3 is 1.86 bits per heavy atom. The Kier molecular flexibility index (Phi) is 6.34. The van der Waals surface area contributed by atoms with Gasteiger partial charge in [-0.05, 0) is 25.7 Å². The third kappa shape index (κ3) is 3.23. The minimum absolute atomic E-state index is 0. The van der Waals surface area contributed by atoms with Gasteiger partial charge in [0.15, 0.2) is 0 Å². The van der Waals surface area contributed by atoms with E-state index < -0.39 is 6.17 Å². The van der Waals surface area contributed by atoms with E-state index in [1.807, 2.05) is 0 Å². The lowest BCUT2D eigenvalue weighted by molar-refractivity contribution is 0.113. The van der Waals surface area contributed by atoms with Gasteiger partial charge in [0.1, 0.15) is 6.17 Å². The number of alkyl halides is 1. The maximum atomic E-state index is 12.8. The minimum Gasteiger partial charge on any atom is -0.300 e. The maximum absolute atomic E-state index is 12.8. The van der Waals surface area contributed by atoms with Crippen LogP contribution < -0.4 is 0 Å². The molecule has 1 aliphatic carbocycles. The molecule has 0 spiro atoms. The van der Waals surface area contributed by atoms with Gasteiger partial charge in [0, 0.05) is 19.1 Å². The van der Waals surface area contributed by atoms with E-state index >= 15 is 0 Å². The third-order valence-electron chi connectivity index (χ3n) is 3.30. The van der Waals surface area contributed by atoms with E-state index in [4.69, 9.17) is 0 Å². The van der Waals surface area contributed by atoms with Crippen LogP contribution in [0.1, 0.15) is 53.4 Å². The lowest BCUT2D eigenvalue weighted by Crippen LogP contribution is -2.40. The summed E-state index contributed by atoms with van der Waals surface area (Å²) in [7, 11) is 0. The number of hydrogen-bond donors (Lipinski definition) is 0. The Bertz CT molecular complexity index is 135. The number of likely N-dealkylation sites (tertiary alicyclic amines) is 1. The molecular formula is C12H26FN. The van der Waals surface area contributed by atoms with Gasteiger partial charge in [0.05, 0.1) is 0 Å². The van der Waals surface area contributed by atoms with Crippen molar-refractivity contribution in [3.05, 3.63) is 0 Å². The summed E-state index contributed by atoms with van der Waals surface area (Å²) in [5, 5.41) is 0. The molecule has 1 saturated carbocycles. The molecule has 0 aromatic carbocycles. The molecule has 0 aromatic rings. The summed E-state index contributed by atoms with van der Waals surface area (Å²) in [5.41, 5.74) is 0. The Balaban J connectivity index is 0.000000845. The molecule has 2 heteroatoms. The van der Waals surface area contributed by atoms with Crippen LogP contribution in [0.4, 0.5) is 4.39 Å². The van der Waals surface area contributed by atoms with E-state index in [9.17, 15) is 4.39 Å². The first-order chi connectivity index (χ1) is 5.86. The summed E-state index contributed by atoms with van der Waals surface area (Å²) in [6, 6.07) is 0.803. The van der Waals surface area contributed by atoms with Crippen molar-refractivity contribution < 1.29 is 4.39 Å². The highest BCUT2D eigenvalue weighted by Gasteiger charge is 2.26. The van der Waals surface area contributed by atoms with Crippen molar-refractivity contribution in [2.75, 3.05) is 13.1 Å². The van der Waals surface area contributed by atoms with Crippen LogP contribution in [0.25, 0.3) is 0 Å². The Hall–Kier alpha value is -0.110. The van der Waals surface area contributed by atoms with Gasteiger partial charge in [-0.15, -0.1) is 0 Å². The monoisotopic (exact) mass is 203 g/mol. The minimum atomic E-state index is -0.511. The molecule has 1 aliphatic heterocycles. The highest BCUT2D eigenvalue weighted by Crippen LogP contribution is 2.26. The number of rotatable bonds is 1. The predicted molar refractivity (Wildman–Crippen MR) is 61.4 cm³/mol. The van der Waals surface area contributed by atoms with Crippen LogP contribution >= 0.6 is 0 Å². The molecule has 2 fully saturated rings. The smallest absolute Gasteiger partial charge is 0.103 e. The fourth-order valence-electron chi connectivity index (χ4n) is 2.50. The van der Waals surface area contributed by atoms with Gasteiger partial charge >= 0.3 is 0 Å². The zero-order chi connectivity index (χ0) is 8.39. The van der Waals surface area contributed by atoms with Crippen molar-refractivity contribution >= 4 is 0 Å². The van der Waals surface area contributed by atoms with Crippen molar-refractivity contribution in [2.45, 2.75) is 65.6 Å². The molecule has 0 atom stereocenters. The third-order valence-corrected chi connectivity index (χ3v) is 3.30. The van der Waals surface area contributed by atoms with Crippen molar-refractivity contribution in [1.29, 1.82) is 0 Å². The number of hydrogen-bond acceptors (Lipinski definition) is 1. The number of piperidine rings is 1. The zero-order valence-electron chi connectivity index (χ0n) is 7.64. The number of halogens is 1. The van der Waals surface area contributed by atoms with Gasteiger partial charge in [-0.3, -0.25) is 0 Å². The Morgan fingerprint density at radius 1 is 0.857 bits per heavy atom. The first kappa shape index (κ1) is 13.9. The predicted octanol–water partition coefficient (Wildman–Crippen LogP) is 3.64. The SMILES string of the molecule is C.C.FC1CCN(C2CCCC2)CC1. The number of nitrogens with zero attached hydrogens (tertiary/aromatic N) is 1. The summed E-state index contributed by atoms with van der Waals surface area (Å²) >= 11 is 0. The van der Waals surface area contributed by atoms with E-state index in [2.05, 4.69) is 4.90 Å². The van der Waals surface area contributed by atoms with Gasteiger partial charge in [0.25, 0.3) is 0 Å². The van der Waals surface area contributed by atoms with Crippen LogP contribution in [0.3, 0.4) is 0 Å². The summed E-state index contributed by atoms with van der Waals surface area (Å²) in [6.45, 7) is 2.01. The fraction of sp³-hybridized carbons (Fsp3) is 1.00. The Morgan fingerprint density at radius 2 is 1.36 bits per heavy atom. The highest BCUT2D eigenvalue weighted by atomic mass is 19.1. The quantitative estimate of drug-likeness (QED) is 0.629. The molecule has 0 N–H and O–H groups in total. The van der Waals surface area contributed by atoms with E-state index in [-0.39, 0.29) is 14.9 Å². The van der Waals surface area contributed by atoms with Crippen LogP contribution in [-0.4, -0.2) is 30.2 Å². The lowest BCUT2D eigenvalue weighted by Gasteiger charge is -2.33. The van der Waals surface area contributed by atoms with E-state index in [1.54, 1.807) is 0 Å². The summed E-state index contributed by atoms with van der Waals surface area (Å²) in [5.74, 6) is 0. The average Bonchev–Trinajstić information content (AvgIpc) is 2.58. The molecular weight excluding hydrogens is 177 g/mol. The van der Waals surface area contributed by atoms with Crippen molar-refractivity contribution in [2.24, 2.45) is 0 Å². The molecule has 1 heterocycles. The average molecular weight is 203 g/mol. The van der Waals surface area contributed by atoms with Crippen LogP contribution in [0, 0.1) is 0 Å².